The summed E-state index contributed by atoms with van der Waals surface area (Å²) in [5.74, 6) is 0.401. The van der Waals surface area contributed by atoms with Crippen molar-refractivity contribution in [1.82, 2.24) is 20.1 Å². The van der Waals surface area contributed by atoms with E-state index in [4.69, 9.17) is 0 Å². The molecule has 0 amide bonds. The average Bonchev–Trinajstić information content (AvgIpc) is 2.85. The van der Waals surface area contributed by atoms with Crippen molar-refractivity contribution in [3.8, 4) is 0 Å². The largest absolute Gasteiger partial charge is 0.312 e. The number of benzene rings is 1. The zero-order valence-electron chi connectivity index (χ0n) is 11.3. The highest BCUT2D eigenvalue weighted by molar-refractivity contribution is 5.25. The number of nitrogens with zero attached hydrogens (tertiary/aromatic N) is 3. The molecule has 102 valence electrons. The highest BCUT2D eigenvalue weighted by atomic mass is 19.1. The van der Waals surface area contributed by atoms with Gasteiger partial charge < -0.3 is 5.32 Å². The SMILES string of the molecule is CC(C)CNCc1ccc(F)c(Cn2cncn2)c1. The summed E-state index contributed by atoms with van der Waals surface area (Å²) in [6.07, 6.45) is 3.04. The van der Waals surface area contributed by atoms with Gasteiger partial charge in [0.2, 0.25) is 0 Å². The minimum atomic E-state index is -0.205. The molecule has 1 heterocycles. The highest BCUT2D eigenvalue weighted by Crippen LogP contribution is 2.12. The number of nitrogens with one attached hydrogen (secondary N) is 1. The maximum Gasteiger partial charge on any atom is 0.137 e. The van der Waals surface area contributed by atoms with Crippen LogP contribution in [0.5, 0.6) is 0 Å². The smallest absolute Gasteiger partial charge is 0.137 e. The van der Waals surface area contributed by atoms with Crippen LogP contribution in [0.1, 0.15) is 25.0 Å². The van der Waals surface area contributed by atoms with E-state index in [2.05, 4.69) is 29.2 Å². The lowest BCUT2D eigenvalue weighted by molar-refractivity contribution is 0.549. The molecule has 4 nitrogen and oxygen atoms in total. The summed E-state index contributed by atoms with van der Waals surface area (Å²) in [6.45, 7) is 6.43. The average molecular weight is 262 g/mol. The van der Waals surface area contributed by atoms with E-state index in [1.807, 2.05) is 12.1 Å². The molecule has 1 N–H and O–H groups in total. The van der Waals surface area contributed by atoms with Crippen molar-refractivity contribution in [1.29, 1.82) is 0 Å². The van der Waals surface area contributed by atoms with Crippen LogP contribution in [0.2, 0.25) is 0 Å². The molecule has 0 radical (unpaired) electrons. The van der Waals surface area contributed by atoms with Gasteiger partial charge in [-0.15, -0.1) is 0 Å². The quantitative estimate of drug-likeness (QED) is 0.868. The lowest BCUT2D eigenvalue weighted by Gasteiger charge is -2.09. The molecule has 19 heavy (non-hydrogen) atoms. The maximum absolute atomic E-state index is 13.7. The minimum absolute atomic E-state index is 0.205. The van der Waals surface area contributed by atoms with Gasteiger partial charge in [-0.25, -0.2) is 14.1 Å². The Morgan fingerprint density at radius 2 is 2.21 bits per heavy atom. The second kappa shape index (κ2) is 6.43. The predicted octanol–water partition coefficient (Wildman–Crippen LogP) is 2.21. The van der Waals surface area contributed by atoms with Crippen LogP contribution in [0.3, 0.4) is 0 Å². The zero-order valence-corrected chi connectivity index (χ0v) is 11.3. The molecule has 0 saturated heterocycles. The molecule has 0 aliphatic heterocycles. The van der Waals surface area contributed by atoms with Gasteiger partial charge in [0.1, 0.15) is 18.5 Å². The number of halogens is 1. The molecule has 2 rings (SSSR count). The van der Waals surface area contributed by atoms with Crippen LogP contribution < -0.4 is 5.32 Å². The summed E-state index contributed by atoms with van der Waals surface area (Å²) < 4.78 is 15.3. The standard InChI is InChI=1S/C14H19FN4/c1-11(2)6-16-7-12-3-4-14(15)13(5-12)8-19-10-17-9-18-19/h3-5,9-11,16H,6-8H2,1-2H3. The van der Waals surface area contributed by atoms with Gasteiger partial charge in [-0.05, 0) is 30.2 Å². The van der Waals surface area contributed by atoms with E-state index < -0.39 is 0 Å². The van der Waals surface area contributed by atoms with Crippen molar-refractivity contribution in [2.45, 2.75) is 26.9 Å². The van der Waals surface area contributed by atoms with Gasteiger partial charge in [0.05, 0.1) is 6.54 Å². The summed E-state index contributed by atoms with van der Waals surface area (Å²) in [5.41, 5.74) is 1.71. The first-order chi connectivity index (χ1) is 9.15. The molecular formula is C14H19FN4. The van der Waals surface area contributed by atoms with Gasteiger partial charge in [0.25, 0.3) is 0 Å². The van der Waals surface area contributed by atoms with Crippen LogP contribution in [-0.4, -0.2) is 21.3 Å². The second-order valence-electron chi connectivity index (χ2n) is 5.04. The Labute approximate surface area is 112 Å². The van der Waals surface area contributed by atoms with Crippen molar-refractivity contribution >= 4 is 0 Å². The van der Waals surface area contributed by atoms with E-state index >= 15 is 0 Å². The van der Waals surface area contributed by atoms with Crippen LogP contribution in [-0.2, 0) is 13.1 Å². The Morgan fingerprint density at radius 3 is 2.89 bits per heavy atom. The van der Waals surface area contributed by atoms with E-state index in [0.717, 1.165) is 18.7 Å². The first-order valence-electron chi connectivity index (χ1n) is 6.45. The third-order valence-electron chi connectivity index (χ3n) is 2.79. The van der Waals surface area contributed by atoms with Crippen LogP contribution >= 0.6 is 0 Å². The topological polar surface area (TPSA) is 42.7 Å². The minimum Gasteiger partial charge on any atom is -0.312 e. The molecule has 1 aromatic heterocycles. The van der Waals surface area contributed by atoms with Crippen molar-refractivity contribution in [2.75, 3.05) is 6.54 Å². The fraction of sp³-hybridized carbons (Fsp3) is 0.429. The Morgan fingerprint density at radius 1 is 1.37 bits per heavy atom. The molecule has 0 aliphatic rings. The summed E-state index contributed by atoms with van der Waals surface area (Å²) in [4.78, 5) is 3.86. The third-order valence-corrected chi connectivity index (χ3v) is 2.79. The van der Waals surface area contributed by atoms with Crippen molar-refractivity contribution in [2.24, 2.45) is 5.92 Å². The molecule has 1 aromatic carbocycles. The lowest BCUT2D eigenvalue weighted by atomic mass is 10.1. The van der Waals surface area contributed by atoms with E-state index in [-0.39, 0.29) is 5.82 Å². The Balaban J connectivity index is 2.02. The van der Waals surface area contributed by atoms with Crippen LogP contribution in [0.4, 0.5) is 4.39 Å². The van der Waals surface area contributed by atoms with Crippen LogP contribution in [0.25, 0.3) is 0 Å². The monoisotopic (exact) mass is 262 g/mol. The normalized spacial score (nSPS) is 11.2. The Bertz CT molecular complexity index is 508. The van der Waals surface area contributed by atoms with Gasteiger partial charge in [-0.2, -0.15) is 5.10 Å². The molecule has 5 heteroatoms. The molecule has 0 atom stereocenters. The number of hydrogen-bond donors (Lipinski definition) is 1. The van der Waals surface area contributed by atoms with Crippen molar-refractivity contribution in [3.05, 3.63) is 47.8 Å². The first kappa shape index (κ1) is 13.7. The first-order valence-corrected chi connectivity index (χ1v) is 6.45. The second-order valence-corrected chi connectivity index (χ2v) is 5.04. The van der Waals surface area contributed by atoms with Crippen molar-refractivity contribution in [3.63, 3.8) is 0 Å². The van der Waals surface area contributed by atoms with Gasteiger partial charge in [-0.3, -0.25) is 0 Å². The molecule has 0 spiro atoms. The number of hydrogen-bond acceptors (Lipinski definition) is 3. The maximum atomic E-state index is 13.7. The molecule has 0 bridgehead atoms. The van der Waals surface area contributed by atoms with E-state index in [1.165, 1.54) is 12.4 Å². The summed E-state index contributed by atoms with van der Waals surface area (Å²) >= 11 is 0. The van der Waals surface area contributed by atoms with Gasteiger partial charge in [0.15, 0.2) is 0 Å². The summed E-state index contributed by atoms with van der Waals surface area (Å²) in [5, 5.41) is 7.34. The van der Waals surface area contributed by atoms with Crippen LogP contribution in [0.15, 0.2) is 30.9 Å². The Hall–Kier alpha value is -1.75. The number of rotatable bonds is 6. The molecular weight excluding hydrogens is 243 g/mol. The molecule has 2 aromatic rings. The fourth-order valence-electron chi connectivity index (χ4n) is 1.85. The predicted molar refractivity (Wildman–Crippen MR) is 72.1 cm³/mol. The zero-order chi connectivity index (χ0) is 13.7. The lowest BCUT2D eigenvalue weighted by Crippen LogP contribution is -2.19. The highest BCUT2D eigenvalue weighted by Gasteiger charge is 2.05. The van der Waals surface area contributed by atoms with Gasteiger partial charge >= 0.3 is 0 Å². The molecule has 0 fully saturated rings. The molecule has 0 aliphatic carbocycles. The van der Waals surface area contributed by atoms with E-state index in [9.17, 15) is 4.39 Å². The van der Waals surface area contributed by atoms with E-state index in [0.29, 0.717) is 18.0 Å². The number of aromatic nitrogens is 3. The third kappa shape index (κ3) is 4.13. The Kier molecular flexibility index (Phi) is 4.63. The van der Waals surface area contributed by atoms with E-state index in [1.54, 1.807) is 11.0 Å². The summed E-state index contributed by atoms with van der Waals surface area (Å²) in [7, 11) is 0. The summed E-state index contributed by atoms with van der Waals surface area (Å²) in [6, 6.07) is 5.20. The van der Waals surface area contributed by atoms with Crippen LogP contribution in [0, 0.1) is 11.7 Å². The van der Waals surface area contributed by atoms with Gasteiger partial charge in [0, 0.05) is 12.1 Å². The molecule has 0 unspecified atom stereocenters. The van der Waals surface area contributed by atoms with Gasteiger partial charge in [-0.1, -0.05) is 19.9 Å². The van der Waals surface area contributed by atoms with Crippen molar-refractivity contribution < 1.29 is 4.39 Å². The fourth-order valence-corrected chi connectivity index (χ4v) is 1.85. The molecule has 0 saturated carbocycles.